The largest absolute Gasteiger partial charge is 0.326 e. The Hall–Kier alpha value is -2.20. The van der Waals surface area contributed by atoms with Crippen LogP contribution in [0, 0.1) is 12.7 Å². The van der Waals surface area contributed by atoms with Crippen molar-refractivity contribution in [3.05, 3.63) is 65.0 Å². The maximum Gasteiger partial charge on any atom is 0.255 e. The maximum atomic E-state index is 13.0. The number of benzene rings is 2. The Labute approximate surface area is 111 Å². The van der Waals surface area contributed by atoms with E-state index in [0.29, 0.717) is 23.4 Å². The number of anilines is 1. The molecule has 3 nitrogen and oxygen atoms in total. The number of carbonyl (C=O) groups excluding carboxylic acids is 1. The van der Waals surface area contributed by atoms with Gasteiger partial charge in [0.05, 0.1) is 0 Å². The topological polar surface area (TPSA) is 55.1 Å². The van der Waals surface area contributed by atoms with Crippen molar-refractivity contribution in [3.63, 3.8) is 0 Å². The monoisotopic (exact) mass is 258 g/mol. The highest BCUT2D eigenvalue weighted by Gasteiger charge is 2.10. The summed E-state index contributed by atoms with van der Waals surface area (Å²) < 4.78 is 13.0. The van der Waals surface area contributed by atoms with E-state index in [1.807, 2.05) is 18.2 Å². The van der Waals surface area contributed by atoms with Crippen LogP contribution >= 0.6 is 0 Å². The van der Waals surface area contributed by atoms with Crippen LogP contribution in [0.5, 0.6) is 0 Å². The molecule has 0 fully saturated rings. The van der Waals surface area contributed by atoms with Crippen LogP contribution in [-0.2, 0) is 6.54 Å². The van der Waals surface area contributed by atoms with Crippen LogP contribution in [0.15, 0.2) is 42.5 Å². The highest BCUT2D eigenvalue weighted by Crippen LogP contribution is 2.15. The van der Waals surface area contributed by atoms with Gasteiger partial charge in [-0.05, 0) is 48.4 Å². The molecule has 2 rings (SSSR count). The molecule has 2 aromatic rings. The standard InChI is InChI=1S/C15H15FN2O/c1-10-7-12(16)5-6-14(10)15(19)18-13-4-2-3-11(8-13)9-17/h2-8H,9,17H2,1H3,(H,18,19). The SMILES string of the molecule is Cc1cc(F)ccc1C(=O)Nc1cccc(CN)c1. The molecule has 98 valence electrons. The lowest BCUT2D eigenvalue weighted by atomic mass is 10.1. The van der Waals surface area contributed by atoms with Crippen molar-refractivity contribution in [1.29, 1.82) is 0 Å². The van der Waals surface area contributed by atoms with Crippen LogP contribution in [0.1, 0.15) is 21.5 Å². The first-order valence-corrected chi connectivity index (χ1v) is 5.96. The van der Waals surface area contributed by atoms with Gasteiger partial charge in [-0.1, -0.05) is 12.1 Å². The third-order valence-electron chi connectivity index (χ3n) is 2.85. The quantitative estimate of drug-likeness (QED) is 0.889. The summed E-state index contributed by atoms with van der Waals surface area (Å²) in [6.07, 6.45) is 0. The summed E-state index contributed by atoms with van der Waals surface area (Å²) in [5, 5.41) is 2.78. The van der Waals surface area contributed by atoms with Crippen LogP contribution in [0.25, 0.3) is 0 Å². The molecule has 0 radical (unpaired) electrons. The van der Waals surface area contributed by atoms with Gasteiger partial charge in [0.15, 0.2) is 0 Å². The van der Waals surface area contributed by atoms with E-state index < -0.39 is 0 Å². The Morgan fingerprint density at radius 2 is 2.05 bits per heavy atom. The van der Waals surface area contributed by atoms with E-state index in [1.54, 1.807) is 13.0 Å². The van der Waals surface area contributed by atoms with Gasteiger partial charge in [0.2, 0.25) is 0 Å². The summed E-state index contributed by atoms with van der Waals surface area (Å²) in [4.78, 5) is 12.1. The molecule has 4 heteroatoms. The smallest absolute Gasteiger partial charge is 0.255 e. The molecule has 1 amide bonds. The van der Waals surface area contributed by atoms with Crippen molar-refractivity contribution in [2.24, 2.45) is 5.73 Å². The number of hydrogen-bond acceptors (Lipinski definition) is 2. The second-order valence-corrected chi connectivity index (χ2v) is 4.32. The lowest BCUT2D eigenvalue weighted by Crippen LogP contribution is -2.13. The van der Waals surface area contributed by atoms with E-state index in [4.69, 9.17) is 5.73 Å². The van der Waals surface area contributed by atoms with Gasteiger partial charge in [0, 0.05) is 17.8 Å². The van der Waals surface area contributed by atoms with Crippen LogP contribution in [-0.4, -0.2) is 5.91 Å². The molecule has 19 heavy (non-hydrogen) atoms. The van der Waals surface area contributed by atoms with E-state index in [2.05, 4.69) is 5.32 Å². The number of halogens is 1. The number of nitrogens with two attached hydrogens (primary N) is 1. The molecule has 0 aromatic heterocycles. The van der Waals surface area contributed by atoms with Crippen LogP contribution in [0.2, 0.25) is 0 Å². The molecule has 0 saturated carbocycles. The highest BCUT2D eigenvalue weighted by atomic mass is 19.1. The molecular weight excluding hydrogens is 243 g/mol. The fourth-order valence-corrected chi connectivity index (χ4v) is 1.86. The van der Waals surface area contributed by atoms with Crippen molar-refractivity contribution < 1.29 is 9.18 Å². The number of carbonyl (C=O) groups is 1. The Kier molecular flexibility index (Phi) is 3.92. The summed E-state index contributed by atoms with van der Waals surface area (Å²) in [5.74, 6) is -0.606. The molecule has 0 aliphatic rings. The van der Waals surface area contributed by atoms with Crippen molar-refractivity contribution in [2.45, 2.75) is 13.5 Å². The number of amides is 1. The van der Waals surface area contributed by atoms with Crippen molar-refractivity contribution >= 4 is 11.6 Å². The molecule has 0 bridgehead atoms. The number of nitrogens with one attached hydrogen (secondary N) is 1. The van der Waals surface area contributed by atoms with Gasteiger partial charge < -0.3 is 11.1 Å². The minimum absolute atomic E-state index is 0.258. The molecule has 0 atom stereocenters. The van der Waals surface area contributed by atoms with Crippen molar-refractivity contribution in [1.82, 2.24) is 0 Å². The molecule has 0 aliphatic heterocycles. The lowest BCUT2D eigenvalue weighted by molar-refractivity contribution is 0.102. The summed E-state index contributed by atoms with van der Waals surface area (Å²) in [7, 11) is 0. The first-order chi connectivity index (χ1) is 9.10. The molecular formula is C15H15FN2O. The van der Waals surface area contributed by atoms with Crippen LogP contribution in [0.3, 0.4) is 0 Å². The van der Waals surface area contributed by atoms with Gasteiger partial charge in [0.1, 0.15) is 5.82 Å². The van der Waals surface area contributed by atoms with Gasteiger partial charge in [0.25, 0.3) is 5.91 Å². The van der Waals surface area contributed by atoms with E-state index in [0.717, 1.165) is 5.56 Å². The van der Waals surface area contributed by atoms with E-state index in [9.17, 15) is 9.18 Å². The number of rotatable bonds is 3. The van der Waals surface area contributed by atoms with Gasteiger partial charge in [-0.15, -0.1) is 0 Å². The summed E-state index contributed by atoms with van der Waals surface area (Å²) in [6.45, 7) is 2.12. The molecule has 3 N–H and O–H groups in total. The third-order valence-corrected chi connectivity index (χ3v) is 2.85. The van der Waals surface area contributed by atoms with Crippen LogP contribution < -0.4 is 11.1 Å². The van der Waals surface area contributed by atoms with E-state index >= 15 is 0 Å². The Morgan fingerprint density at radius 3 is 2.74 bits per heavy atom. The summed E-state index contributed by atoms with van der Waals surface area (Å²) in [6, 6.07) is 11.4. The number of aryl methyl sites for hydroxylation is 1. The zero-order chi connectivity index (χ0) is 13.8. The van der Waals surface area contributed by atoms with Gasteiger partial charge >= 0.3 is 0 Å². The second kappa shape index (κ2) is 5.63. The van der Waals surface area contributed by atoms with Crippen molar-refractivity contribution in [2.75, 3.05) is 5.32 Å². The normalized spacial score (nSPS) is 10.3. The van der Waals surface area contributed by atoms with Crippen molar-refractivity contribution in [3.8, 4) is 0 Å². The first kappa shape index (κ1) is 13.2. The van der Waals surface area contributed by atoms with Gasteiger partial charge in [-0.2, -0.15) is 0 Å². The Morgan fingerprint density at radius 1 is 1.26 bits per heavy atom. The summed E-state index contributed by atoms with van der Waals surface area (Å²) >= 11 is 0. The van der Waals surface area contributed by atoms with Gasteiger partial charge in [-0.25, -0.2) is 4.39 Å². The Bertz CT molecular complexity index is 611. The Balaban J connectivity index is 2.20. The first-order valence-electron chi connectivity index (χ1n) is 5.96. The third kappa shape index (κ3) is 3.17. The molecule has 0 aliphatic carbocycles. The van der Waals surface area contributed by atoms with Crippen LogP contribution in [0.4, 0.5) is 10.1 Å². The molecule has 0 saturated heterocycles. The zero-order valence-electron chi connectivity index (χ0n) is 10.6. The molecule has 0 unspecified atom stereocenters. The average molecular weight is 258 g/mol. The fraction of sp³-hybridized carbons (Fsp3) is 0.133. The fourth-order valence-electron chi connectivity index (χ4n) is 1.86. The predicted octanol–water partition coefficient (Wildman–Crippen LogP) is 2.85. The molecule has 0 spiro atoms. The number of hydrogen-bond donors (Lipinski definition) is 2. The summed E-state index contributed by atoms with van der Waals surface area (Å²) in [5.41, 5.74) is 8.23. The molecule has 2 aromatic carbocycles. The predicted molar refractivity (Wildman–Crippen MR) is 73.4 cm³/mol. The minimum Gasteiger partial charge on any atom is -0.326 e. The second-order valence-electron chi connectivity index (χ2n) is 4.32. The van der Waals surface area contributed by atoms with Gasteiger partial charge in [-0.3, -0.25) is 4.79 Å². The highest BCUT2D eigenvalue weighted by molar-refractivity contribution is 6.05. The van der Waals surface area contributed by atoms with E-state index in [1.165, 1.54) is 18.2 Å². The zero-order valence-corrected chi connectivity index (χ0v) is 10.6. The maximum absolute atomic E-state index is 13.0. The van der Waals surface area contributed by atoms with E-state index in [-0.39, 0.29) is 11.7 Å². The lowest BCUT2D eigenvalue weighted by Gasteiger charge is -2.08. The minimum atomic E-state index is -0.348. The average Bonchev–Trinajstić information content (AvgIpc) is 2.38. The molecule has 0 heterocycles.